The minimum absolute atomic E-state index is 0.0780. The van der Waals surface area contributed by atoms with Crippen molar-refractivity contribution < 1.29 is 18.9 Å². The molecular weight excluding hydrogens is 280 g/mol. The van der Waals surface area contributed by atoms with E-state index in [1.54, 1.807) is 6.26 Å². The highest BCUT2D eigenvalue weighted by Gasteiger charge is 2.31. The molecule has 1 fully saturated rings. The number of carbonyl (C=O) groups is 2. The van der Waals surface area contributed by atoms with Gasteiger partial charge in [-0.3, -0.25) is 9.00 Å². The Kier molecular flexibility index (Phi) is 6.98. The molecule has 2 amide bonds. The highest BCUT2D eigenvalue weighted by Crippen LogP contribution is 2.24. The molecule has 0 aliphatic heterocycles. The molecule has 1 rings (SSSR count). The molecule has 116 valence electrons. The lowest BCUT2D eigenvalue weighted by molar-refractivity contribution is -0.143. The van der Waals surface area contributed by atoms with Crippen LogP contribution >= 0.6 is 0 Å². The number of nitrogens with one attached hydrogen (secondary N) is 2. The second-order valence-corrected chi connectivity index (χ2v) is 6.98. The third kappa shape index (κ3) is 5.90. The van der Waals surface area contributed by atoms with Crippen LogP contribution in [0.1, 0.15) is 39.0 Å². The molecular formula is C13H24N2O4S. The highest BCUT2D eigenvalue weighted by atomic mass is 32.2. The predicted octanol–water partition coefficient (Wildman–Crippen LogP) is 1.09. The van der Waals surface area contributed by atoms with Gasteiger partial charge in [0.1, 0.15) is 0 Å². The Morgan fingerprint density at radius 1 is 1.35 bits per heavy atom. The third-order valence-electron chi connectivity index (χ3n) is 3.62. The van der Waals surface area contributed by atoms with E-state index in [0.29, 0.717) is 25.0 Å². The van der Waals surface area contributed by atoms with Crippen LogP contribution in [0.15, 0.2) is 0 Å². The Bertz CT molecular complexity index is 375. The number of carboxylic acids is 1. The van der Waals surface area contributed by atoms with Crippen LogP contribution in [0.5, 0.6) is 0 Å². The van der Waals surface area contributed by atoms with Gasteiger partial charge in [0.25, 0.3) is 0 Å². The molecule has 3 N–H and O–H groups in total. The van der Waals surface area contributed by atoms with E-state index in [9.17, 15) is 13.8 Å². The van der Waals surface area contributed by atoms with Gasteiger partial charge in [-0.2, -0.15) is 0 Å². The van der Waals surface area contributed by atoms with Crippen molar-refractivity contribution in [1.82, 2.24) is 10.6 Å². The van der Waals surface area contributed by atoms with Crippen LogP contribution in [-0.4, -0.2) is 45.4 Å². The Morgan fingerprint density at radius 3 is 2.60 bits per heavy atom. The van der Waals surface area contributed by atoms with Gasteiger partial charge in [0.2, 0.25) is 0 Å². The number of urea groups is 1. The van der Waals surface area contributed by atoms with E-state index in [4.69, 9.17) is 5.11 Å². The van der Waals surface area contributed by atoms with Crippen molar-refractivity contribution in [2.24, 2.45) is 5.92 Å². The normalized spacial score (nSPS) is 25.5. The van der Waals surface area contributed by atoms with Gasteiger partial charge in [0.15, 0.2) is 0 Å². The Labute approximate surface area is 122 Å². The largest absolute Gasteiger partial charge is 0.481 e. The lowest BCUT2D eigenvalue weighted by Crippen LogP contribution is -2.50. The fourth-order valence-corrected chi connectivity index (χ4v) is 3.13. The van der Waals surface area contributed by atoms with Crippen molar-refractivity contribution in [3.63, 3.8) is 0 Å². The van der Waals surface area contributed by atoms with E-state index in [-0.39, 0.29) is 18.1 Å². The van der Waals surface area contributed by atoms with Crippen LogP contribution in [0, 0.1) is 5.92 Å². The monoisotopic (exact) mass is 304 g/mol. The zero-order valence-corrected chi connectivity index (χ0v) is 12.9. The molecule has 0 spiro atoms. The number of rotatable bonds is 6. The van der Waals surface area contributed by atoms with Gasteiger partial charge >= 0.3 is 12.0 Å². The summed E-state index contributed by atoms with van der Waals surface area (Å²) in [6.45, 7) is 1.85. The maximum atomic E-state index is 11.8. The first kappa shape index (κ1) is 16.9. The molecule has 1 saturated carbocycles. The molecule has 4 unspecified atom stereocenters. The van der Waals surface area contributed by atoms with E-state index >= 15 is 0 Å². The van der Waals surface area contributed by atoms with Crippen molar-refractivity contribution in [3.8, 4) is 0 Å². The molecule has 0 bridgehead atoms. The van der Waals surface area contributed by atoms with Crippen molar-refractivity contribution in [2.45, 2.75) is 51.1 Å². The third-order valence-corrected chi connectivity index (χ3v) is 4.43. The van der Waals surface area contributed by atoms with Gasteiger partial charge in [-0.15, -0.1) is 0 Å². The molecule has 1 aliphatic carbocycles. The fraction of sp³-hybridized carbons (Fsp3) is 0.846. The molecule has 0 aromatic carbocycles. The highest BCUT2D eigenvalue weighted by molar-refractivity contribution is 7.84. The number of hydrogen-bond acceptors (Lipinski definition) is 3. The fourth-order valence-electron chi connectivity index (χ4n) is 2.45. The minimum Gasteiger partial charge on any atom is -0.481 e. The second kappa shape index (κ2) is 8.24. The number of carbonyl (C=O) groups excluding carboxylic acids is 1. The molecule has 6 nitrogen and oxygen atoms in total. The molecule has 4 atom stereocenters. The van der Waals surface area contributed by atoms with E-state index in [2.05, 4.69) is 10.6 Å². The second-order valence-electron chi connectivity index (χ2n) is 5.42. The summed E-state index contributed by atoms with van der Waals surface area (Å²) < 4.78 is 11.0. The summed E-state index contributed by atoms with van der Waals surface area (Å²) in [5, 5.41) is 14.7. The van der Waals surface area contributed by atoms with Crippen LogP contribution in [0.2, 0.25) is 0 Å². The van der Waals surface area contributed by atoms with Crippen LogP contribution in [0.3, 0.4) is 0 Å². The first-order valence-electron chi connectivity index (χ1n) is 7.00. The van der Waals surface area contributed by atoms with Gasteiger partial charge in [-0.05, 0) is 26.2 Å². The van der Waals surface area contributed by atoms with Crippen LogP contribution in [-0.2, 0) is 15.6 Å². The molecule has 0 radical (unpaired) electrons. The topological polar surface area (TPSA) is 95.5 Å². The number of amides is 2. The van der Waals surface area contributed by atoms with Crippen LogP contribution < -0.4 is 10.6 Å². The summed E-state index contributed by atoms with van der Waals surface area (Å²) in [5.74, 6) is -0.791. The first-order valence-corrected chi connectivity index (χ1v) is 8.72. The molecule has 7 heteroatoms. The summed E-state index contributed by atoms with van der Waals surface area (Å²) in [5.41, 5.74) is 0. The Balaban J connectivity index is 2.40. The molecule has 0 aromatic heterocycles. The van der Waals surface area contributed by atoms with Gasteiger partial charge in [0, 0.05) is 34.9 Å². The smallest absolute Gasteiger partial charge is 0.315 e. The average Bonchev–Trinajstić information content (AvgIpc) is 2.36. The van der Waals surface area contributed by atoms with Crippen molar-refractivity contribution in [2.75, 3.05) is 12.0 Å². The average molecular weight is 304 g/mol. The van der Waals surface area contributed by atoms with Crippen LogP contribution in [0.4, 0.5) is 4.79 Å². The molecule has 0 saturated heterocycles. The first-order chi connectivity index (χ1) is 9.40. The number of carboxylic acid groups (broad SMARTS) is 1. The summed E-state index contributed by atoms with van der Waals surface area (Å²) in [6, 6.07) is -0.711. The van der Waals surface area contributed by atoms with Crippen molar-refractivity contribution in [3.05, 3.63) is 0 Å². The maximum Gasteiger partial charge on any atom is 0.315 e. The van der Waals surface area contributed by atoms with Gasteiger partial charge < -0.3 is 15.7 Å². The summed E-state index contributed by atoms with van der Waals surface area (Å²) in [4.78, 5) is 23.0. The lowest BCUT2D eigenvalue weighted by atomic mass is 9.84. The zero-order valence-electron chi connectivity index (χ0n) is 12.1. The number of hydrogen-bond donors (Lipinski definition) is 3. The van der Waals surface area contributed by atoms with Gasteiger partial charge in [-0.25, -0.2) is 4.79 Å². The van der Waals surface area contributed by atoms with Gasteiger partial charge in [-0.1, -0.05) is 12.8 Å². The van der Waals surface area contributed by atoms with E-state index in [1.165, 1.54) is 0 Å². The van der Waals surface area contributed by atoms with Crippen LogP contribution in [0.25, 0.3) is 0 Å². The molecule has 20 heavy (non-hydrogen) atoms. The molecule has 0 heterocycles. The number of aliphatic carboxylic acids is 1. The van der Waals surface area contributed by atoms with E-state index in [0.717, 1.165) is 12.8 Å². The van der Waals surface area contributed by atoms with Crippen molar-refractivity contribution >= 4 is 22.8 Å². The Morgan fingerprint density at radius 2 is 2.00 bits per heavy atom. The molecule has 0 aromatic rings. The summed E-state index contributed by atoms with van der Waals surface area (Å²) >= 11 is 0. The zero-order chi connectivity index (χ0) is 15.1. The minimum atomic E-state index is -0.869. The predicted molar refractivity (Wildman–Crippen MR) is 78.1 cm³/mol. The standard InChI is InChI=1S/C13H24N2O4S/c1-9(7-8-20(2)19)14-13(18)15-11-6-4-3-5-10(11)12(16)17/h9-11H,3-8H2,1-2H3,(H,16,17)(H2,14,15,18). The van der Waals surface area contributed by atoms with Gasteiger partial charge in [0.05, 0.1) is 5.92 Å². The van der Waals surface area contributed by atoms with E-state index in [1.807, 2.05) is 6.92 Å². The Hall–Kier alpha value is -1.11. The summed E-state index contributed by atoms with van der Waals surface area (Å²) in [6.07, 6.45) is 5.44. The van der Waals surface area contributed by atoms with Crippen molar-refractivity contribution in [1.29, 1.82) is 0 Å². The summed E-state index contributed by atoms with van der Waals surface area (Å²) in [7, 11) is -0.869. The SMILES string of the molecule is CC(CCS(C)=O)NC(=O)NC1CCCCC1C(=O)O. The molecule has 1 aliphatic rings. The lowest BCUT2D eigenvalue weighted by Gasteiger charge is -2.29. The quantitative estimate of drug-likeness (QED) is 0.684. The van der Waals surface area contributed by atoms with E-state index < -0.39 is 22.7 Å². The maximum absolute atomic E-state index is 11.8.